The van der Waals surface area contributed by atoms with Gasteiger partial charge in [-0.2, -0.15) is 5.26 Å². The molecule has 0 radical (unpaired) electrons. The number of sulfonamides is 1. The van der Waals surface area contributed by atoms with Crippen LogP contribution >= 0.6 is 0 Å². The highest BCUT2D eigenvalue weighted by molar-refractivity contribution is 7.90. The number of ether oxygens (including phenoxy) is 1. The third kappa shape index (κ3) is 4.31. The first-order chi connectivity index (χ1) is 13.2. The predicted molar refractivity (Wildman–Crippen MR) is 98.6 cm³/mol. The van der Waals surface area contributed by atoms with Crippen LogP contribution in [0.3, 0.4) is 0 Å². The number of nitrogens with one attached hydrogen (secondary N) is 2. The summed E-state index contributed by atoms with van der Waals surface area (Å²) in [6.07, 6.45) is 1.66. The van der Waals surface area contributed by atoms with Crippen LogP contribution in [0.2, 0.25) is 0 Å². The highest BCUT2D eigenvalue weighted by atomic mass is 32.2. The molecule has 1 aromatic rings. The predicted octanol–water partition coefficient (Wildman–Crippen LogP) is 0.467. The van der Waals surface area contributed by atoms with E-state index >= 15 is 0 Å². The molecular formula is C18H20N4O5S. The zero-order chi connectivity index (χ0) is 20.4. The molecule has 1 amide bonds. The number of esters is 1. The van der Waals surface area contributed by atoms with Crippen molar-refractivity contribution in [1.29, 1.82) is 5.26 Å². The molecule has 1 aliphatic carbocycles. The van der Waals surface area contributed by atoms with Crippen LogP contribution in [-0.4, -0.2) is 44.8 Å². The SMILES string of the molecule is C[C@](C#N)(NC(=O)COC(=O)CCN=C1NS(=O)(=O)c2ccccc21)C1CC1. The summed E-state index contributed by atoms with van der Waals surface area (Å²) in [6, 6.07) is 8.50. The minimum atomic E-state index is -3.63. The monoisotopic (exact) mass is 404 g/mol. The van der Waals surface area contributed by atoms with E-state index in [1.807, 2.05) is 0 Å². The number of fused-ring (bicyclic) bond motifs is 1. The first-order valence-electron chi connectivity index (χ1n) is 8.80. The number of benzene rings is 1. The minimum Gasteiger partial charge on any atom is -0.456 e. The van der Waals surface area contributed by atoms with Crippen molar-refractivity contribution in [2.75, 3.05) is 13.2 Å². The van der Waals surface area contributed by atoms with Gasteiger partial charge in [-0.3, -0.25) is 19.3 Å². The van der Waals surface area contributed by atoms with E-state index in [1.54, 1.807) is 25.1 Å². The summed E-state index contributed by atoms with van der Waals surface area (Å²) in [5.41, 5.74) is -0.492. The zero-order valence-electron chi connectivity index (χ0n) is 15.3. The molecule has 9 nitrogen and oxygen atoms in total. The van der Waals surface area contributed by atoms with E-state index in [0.717, 1.165) is 12.8 Å². The molecule has 10 heteroatoms. The van der Waals surface area contributed by atoms with Gasteiger partial charge < -0.3 is 10.1 Å². The van der Waals surface area contributed by atoms with Crippen LogP contribution in [0.15, 0.2) is 34.2 Å². The van der Waals surface area contributed by atoms with E-state index in [9.17, 15) is 23.3 Å². The van der Waals surface area contributed by atoms with E-state index in [-0.39, 0.29) is 29.6 Å². The first-order valence-corrected chi connectivity index (χ1v) is 10.3. The maximum atomic E-state index is 12.0. The number of carbonyl (C=O) groups is 2. The summed E-state index contributed by atoms with van der Waals surface area (Å²) >= 11 is 0. The van der Waals surface area contributed by atoms with Gasteiger partial charge in [-0.25, -0.2) is 8.42 Å². The second-order valence-corrected chi connectivity index (χ2v) is 8.53. The Kier molecular flexibility index (Phi) is 5.38. The molecule has 1 heterocycles. The van der Waals surface area contributed by atoms with Crippen molar-refractivity contribution in [2.24, 2.45) is 10.9 Å². The number of aliphatic imine (C=N–C) groups is 1. The van der Waals surface area contributed by atoms with Gasteiger partial charge in [-0.05, 0) is 37.8 Å². The van der Waals surface area contributed by atoms with Gasteiger partial charge in [0.2, 0.25) is 0 Å². The summed E-state index contributed by atoms with van der Waals surface area (Å²) in [5, 5.41) is 11.8. The van der Waals surface area contributed by atoms with Gasteiger partial charge in [0.1, 0.15) is 11.4 Å². The summed E-state index contributed by atoms with van der Waals surface area (Å²) < 4.78 is 31.2. The van der Waals surface area contributed by atoms with Crippen molar-refractivity contribution in [2.45, 2.75) is 36.6 Å². The van der Waals surface area contributed by atoms with Crippen LogP contribution in [0.1, 0.15) is 31.7 Å². The Morgan fingerprint density at radius 1 is 1.39 bits per heavy atom. The number of nitrogens with zero attached hydrogens (tertiary/aromatic N) is 2. The van der Waals surface area contributed by atoms with Gasteiger partial charge >= 0.3 is 5.97 Å². The number of amides is 1. The van der Waals surface area contributed by atoms with Crippen molar-refractivity contribution in [3.8, 4) is 6.07 Å². The van der Waals surface area contributed by atoms with Gasteiger partial charge in [0.05, 0.1) is 23.9 Å². The standard InChI is InChI=1S/C18H20N4O5S/c1-18(11-19,12-6-7-12)21-15(23)10-27-16(24)8-9-20-17-13-4-2-3-5-14(13)28(25,26)22-17/h2-5,12H,6-10H2,1H3,(H,20,22)(H,21,23)/t18-/m1/s1. The second-order valence-electron chi connectivity index (χ2n) is 6.88. The maximum absolute atomic E-state index is 12.0. The molecule has 1 aliphatic heterocycles. The summed E-state index contributed by atoms with van der Waals surface area (Å²) in [7, 11) is -3.63. The largest absolute Gasteiger partial charge is 0.456 e. The van der Waals surface area contributed by atoms with E-state index in [4.69, 9.17) is 4.74 Å². The molecule has 1 atom stereocenters. The lowest BCUT2D eigenvalue weighted by molar-refractivity contribution is -0.148. The molecule has 0 bridgehead atoms. The van der Waals surface area contributed by atoms with E-state index in [2.05, 4.69) is 21.1 Å². The number of hydrogen-bond donors (Lipinski definition) is 2. The third-order valence-electron chi connectivity index (χ3n) is 4.64. The molecule has 0 aromatic heterocycles. The van der Waals surface area contributed by atoms with E-state index in [0.29, 0.717) is 5.56 Å². The highest BCUT2D eigenvalue weighted by Crippen LogP contribution is 2.39. The topological polar surface area (TPSA) is 138 Å². The molecule has 1 aromatic carbocycles. The van der Waals surface area contributed by atoms with E-state index < -0.39 is 34.0 Å². The summed E-state index contributed by atoms with van der Waals surface area (Å²) in [5.74, 6) is -0.867. The average Bonchev–Trinajstić information content (AvgIpc) is 3.48. The molecule has 2 aliphatic rings. The maximum Gasteiger partial charge on any atom is 0.308 e. The number of amidine groups is 1. The van der Waals surface area contributed by atoms with Crippen LogP contribution in [0.5, 0.6) is 0 Å². The normalized spacial score (nSPS) is 20.4. The van der Waals surface area contributed by atoms with Crippen molar-refractivity contribution in [1.82, 2.24) is 10.0 Å². The van der Waals surface area contributed by atoms with Crippen molar-refractivity contribution in [3.63, 3.8) is 0 Å². The van der Waals surface area contributed by atoms with Gasteiger partial charge in [-0.15, -0.1) is 0 Å². The van der Waals surface area contributed by atoms with Crippen molar-refractivity contribution >= 4 is 27.7 Å². The Morgan fingerprint density at radius 2 is 2.11 bits per heavy atom. The molecule has 0 unspecified atom stereocenters. The smallest absolute Gasteiger partial charge is 0.308 e. The van der Waals surface area contributed by atoms with E-state index in [1.165, 1.54) is 6.07 Å². The van der Waals surface area contributed by atoms with Gasteiger partial charge in [0.25, 0.3) is 15.9 Å². The Balaban J connectivity index is 1.47. The molecule has 3 rings (SSSR count). The molecule has 148 valence electrons. The molecular weight excluding hydrogens is 384 g/mol. The molecule has 1 saturated carbocycles. The fraction of sp³-hybridized carbons (Fsp3) is 0.444. The zero-order valence-corrected chi connectivity index (χ0v) is 16.1. The fourth-order valence-corrected chi connectivity index (χ4v) is 4.19. The van der Waals surface area contributed by atoms with Crippen LogP contribution in [0.25, 0.3) is 0 Å². The Morgan fingerprint density at radius 3 is 2.79 bits per heavy atom. The van der Waals surface area contributed by atoms with Crippen LogP contribution in [0.4, 0.5) is 0 Å². The Bertz CT molecular complexity index is 978. The van der Waals surface area contributed by atoms with Gasteiger partial charge in [-0.1, -0.05) is 12.1 Å². The molecule has 1 fully saturated rings. The average molecular weight is 404 g/mol. The number of carbonyl (C=O) groups excluding carboxylic acids is 2. The minimum absolute atomic E-state index is 0.00459. The van der Waals surface area contributed by atoms with Crippen LogP contribution in [0, 0.1) is 17.2 Å². The van der Waals surface area contributed by atoms with Gasteiger partial charge in [0, 0.05) is 5.56 Å². The molecule has 0 spiro atoms. The lowest BCUT2D eigenvalue weighted by Gasteiger charge is -2.22. The fourth-order valence-electron chi connectivity index (χ4n) is 2.94. The highest BCUT2D eigenvalue weighted by Gasteiger charge is 2.43. The third-order valence-corrected chi connectivity index (χ3v) is 6.04. The Hall–Kier alpha value is -2.93. The lowest BCUT2D eigenvalue weighted by atomic mass is 9.98. The second kappa shape index (κ2) is 7.59. The summed E-state index contributed by atoms with van der Waals surface area (Å²) in [4.78, 5) is 28.0. The summed E-state index contributed by atoms with van der Waals surface area (Å²) in [6.45, 7) is 1.18. The molecule has 28 heavy (non-hydrogen) atoms. The number of rotatable bonds is 7. The first kappa shape index (κ1) is 19.8. The van der Waals surface area contributed by atoms with Crippen molar-refractivity contribution < 1.29 is 22.7 Å². The van der Waals surface area contributed by atoms with Gasteiger partial charge in [0.15, 0.2) is 6.61 Å². The lowest BCUT2D eigenvalue weighted by Crippen LogP contribution is -2.48. The van der Waals surface area contributed by atoms with Crippen LogP contribution < -0.4 is 10.0 Å². The van der Waals surface area contributed by atoms with Crippen molar-refractivity contribution in [3.05, 3.63) is 29.8 Å². The number of nitriles is 1. The van der Waals surface area contributed by atoms with Crippen LogP contribution in [-0.2, 0) is 24.3 Å². The Labute approximate surface area is 162 Å². The molecule has 2 N–H and O–H groups in total. The number of hydrogen-bond acceptors (Lipinski definition) is 7. The molecule has 0 saturated heterocycles. The quantitative estimate of drug-likeness (QED) is 0.634.